The molecule has 0 radical (unpaired) electrons. The second-order valence-corrected chi connectivity index (χ2v) is 7.79. The van der Waals surface area contributed by atoms with Gasteiger partial charge in [0, 0.05) is 6.07 Å². The summed E-state index contributed by atoms with van der Waals surface area (Å²) in [4.78, 5) is 32.6. The van der Waals surface area contributed by atoms with E-state index in [9.17, 15) is 14.0 Å². The monoisotopic (exact) mass is 473 g/mol. The summed E-state index contributed by atoms with van der Waals surface area (Å²) in [5, 5.41) is 11.5. The van der Waals surface area contributed by atoms with Crippen LogP contribution in [0.25, 0.3) is 22.7 Å². The number of benzene rings is 2. The van der Waals surface area contributed by atoms with E-state index in [0.717, 1.165) is 5.56 Å². The predicted molar refractivity (Wildman–Crippen MR) is 127 cm³/mol. The second kappa shape index (κ2) is 8.86. The molecule has 10 nitrogen and oxygen atoms in total. The molecule has 0 unspecified atom stereocenters. The summed E-state index contributed by atoms with van der Waals surface area (Å²) < 4.78 is 22.1. The summed E-state index contributed by atoms with van der Waals surface area (Å²) in [7, 11) is 1.57. The van der Waals surface area contributed by atoms with Crippen molar-refractivity contribution in [1.29, 1.82) is 0 Å². The quantitative estimate of drug-likeness (QED) is 0.391. The Morgan fingerprint density at radius 3 is 2.66 bits per heavy atom. The molecule has 2 N–H and O–H groups in total. The number of nitrogens with one attached hydrogen (secondary N) is 2. The molecule has 0 aliphatic rings. The Bertz CT molecular complexity index is 1600. The summed E-state index contributed by atoms with van der Waals surface area (Å²) in [6.07, 6.45) is 1.44. The highest BCUT2D eigenvalue weighted by molar-refractivity contribution is 5.91. The van der Waals surface area contributed by atoms with Gasteiger partial charge in [-0.2, -0.15) is 19.9 Å². The molecule has 0 atom stereocenters. The zero-order valence-corrected chi connectivity index (χ0v) is 18.8. The van der Waals surface area contributed by atoms with E-state index in [0.29, 0.717) is 17.3 Å². The number of ether oxygens (including phenoxy) is 1. The van der Waals surface area contributed by atoms with E-state index < -0.39 is 11.4 Å². The van der Waals surface area contributed by atoms with Crippen LogP contribution in [0.2, 0.25) is 0 Å². The van der Waals surface area contributed by atoms with Crippen molar-refractivity contribution in [2.45, 2.75) is 13.3 Å². The van der Waals surface area contributed by atoms with Gasteiger partial charge in [0.25, 0.3) is 5.56 Å². The van der Waals surface area contributed by atoms with Crippen molar-refractivity contribution in [2.24, 2.45) is 0 Å². The van der Waals surface area contributed by atoms with Gasteiger partial charge in [-0.25, -0.2) is 9.07 Å². The maximum Gasteiger partial charge on any atom is 0.263 e. The molecule has 176 valence electrons. The van der Waals surface area contributed by atoms with Crippen molar-refractivity contribution in [1.82, 2.24) is 29.5 Å². The highest BCUT2D eigenvalue weighted by Crippen LogP contribution is 2.20. The topological polar surface area (TPSA) is 120 Å². The molecule has 3 heterocycles. The molecule has 5 aromatic rings. The number of carbonyl (C=O) groups is 1. The number of aromatic amines is 1. The van der Waals surface area contributed by atoms with Gasteiger partial charge in [0.15, 0.2) is 5.65 Å². The van der Waals surface area contributed by atoms with Gasteiger partial charge < -0.3 is 10.1 Å². The van der Waals surface area contributed by atoms with E-state index in [1.165, 1.54) is 27.7 Å². The molecule has 11 heteroatoms. The zero-order chi connectivity index (χ0) is 24.5. The van der Waals surface area contributed by atoms with Crippen LogP contribution in [0.5, 0.6) is 5.75 Å². The fourth-order valence-corrected chi connectivity index (χ4v) is 3.67. The lowest BCUT2D eigenvalue weighted by molar-refractivity contribution is -0.115. The maximum atomic E-state index is 14.4. The molecule has 1 amide bonds. The molecule has 0 bridgehead atoms. The third-order valence-electron chi connectivity index (χ3n) is 5.33. The van der Waals surface area contributed by atoms with Crippen LogP contribution < -0.4 is 15.6 Å². The number of H-pyrrole nitrogens is 1. The van der Waals surface area contributed by atoms with Gasteiger partial charge in [0.2, 0.25) is 11.9 Å². The lowest BCUT2D eigenvalue weighted by Gasteiger charge is -2.09. The second-order valence-electron chi connectivity index (χ2n) is 7.79. The van der Waals surface area contributed by atoms with Gasteiger partial charge >= 0.3 is 0 Å². The number of carbonyl (C=O) groups excluding carboxylic acids is 1. The molecule has 0 aliphatic carbocycles. The molecule has 0 aliphatic heterocycles. The number of fused-ring (bicyclic) bond motifs is 1. The number of hydrogen-bond donors (Lipinski definition) is 2. The van der Waals surface area contributed by atoms with E-state index in [1.807, 2.05) is 0 Å². The Kier molecular flexibility index (Phi) is 5.57. The average Bonchev–Trinajstić information content (AvgIpc) is 3.43. The lowest BCUT2D eigenvalue weighted by Crippen LogP contribution is -2.20. The van der Waals surface area contributed by atoms with Crippen molar-refractivity contribution < 1.29 is 13.9 Å². The minimum absolute atomic E-state index is 0.0495. The van der Waals surface area contributed by atoms with Gasteiger partial charge in [0.05, 0.1) is 25.4 Å². The first-order chi connectivity index (χ1) is 16.9. The first-order valence-corrected chi connectivity index (χ1v) is 10.7. The third kappa shape index (κ3) is 4.26. The van der Waals surface area contributed by atoms with Crippen molar-refractivity contribution >= 4 is 22.8 Å². The number of aromatic nitrogens is 6. The van der Waals surface area contributed by atoms with Crippen LogP contribution in [-0.2, 0) is 11.2 Å². The SMILES string of the molecule is COc1ccc(CC(=O)Nc2cc(C)nn2-c2nc3c(cnn3-c3ccccc3F)c(=O)[nH]2)cc1. The summed E-state index contributed by atoms with van der Waals surface area (Å²) >= 11 is 0. The Morgan fingerprint density at radius 2 is 1.91 bits per heavy atom. The van der Waals surface area contributed by atoms with Crippen molar-refractivity contribution in [3.63, 3.8) is 0 Å². The van der Waals surface area contributed by atoms with Crippen LogP contribution in [0.3, 0.4) is 0 Å². The van der Waals surface area contributed by atoms with Gasteiger partial charge in [-0.05, 0) is 36.8 Å². The summed E-state index contributed by atoms with van der Waals surface area (Å²) in [5.74, 6) is 0.274. The molecular weight excluding hydrogens is 453 g/mol. The number of hydrogen-bond acceptors (Lipinski definition) is 6. The van der Waals surface area contributed by atoms with E-state index >= 15 is 0 Å². The van der Waals surface area contributed by atoms with Crippen molar-refractivity contribution in [3.05, 3.63) is 88.2 Å². The van der Waals surface area contributed by atoms with Gasteiger partial charge in [-0.15, -0.1) is 0 Å². The molecule has 0 saturated carbocycles. The molecule has 35 heavy (non-hydrogen) atoms. The van der Waals surface area contributed by atoms with Gasteiger partial charge in [-0.1, -0.05) is 24.3 Å². The number of para-hydroxylation sites is 1. The number of aryl methyl sites for hydroxylation is 1. The van der Waals surface area contributed by atoms with Crippen LogP contribution in [0.15, 0.2) is 65.6 Å². The minimum atomic E-state index is -0.512. The Hall–Kier alpha value is -4.80. The number of amides is 1. The Balaban J connectivity index is 1.50. The first kappa shape index (κ1) is 22.0. The van der Waals surface area contributed by atoms with Crippen LogP contribution in [-0.4, -0.2) is 42.5 Å². The highest BCUT2D eigenvalue weighted by atomic mass is 19.1. The maximum absolute atomic E-state index is 14.4. The first-order valence-electron chi connectivity index (χ1n) is 10.7. The number of anilines is 1. The summed E-state index contributed by atoms with van der Waals surface area (Å²) in [5.41, 5.74) is 1.22. The third-order valence-corrected chi connectivity index (χ3v) is 5.33. The number of rotatable bonds is 6. The number of halogens is 1. The predicted octanol–water partition coefficient (Wildman–Crippen LogP) is 2.93. The van der Waals surface area contributed by atoms with Gasteiger partial charge in [0.1, 0.15) is 28.5 Å². The Labute approximate surface area is 198 Å². The Morgan fingerprint density at radius 1 is 1.14 bits per heavy atom. The molecule has 0 spiro atoms. The molecule has 2 aromatic carbocycles. The fraction of sp³-hybridized carbons (Fsp3) is 0.125. The lowest BCUT2D eigenvalue weighted by atomic mass is 10.1. The van der Waals surface area contributed by atoms with Gasteiger partial charge in [-0.3, -0.25) is 14.6 Å². The van der Waals surface area contributed by atoms with E-state index in [4.69, 9.17) is 4.74 Å². The van der Waals surface area contributed by atoms with Crippen LogP contribution in [0.4, 0.5) is 10.2 Å². The molecule has 0 saturated heterocycles. The molecular formula is C24H20FN7O3. The molecule has 3 aromatic heterocycles. The van der Waals surface area contributed by atoms with Crippen LogP contribution in [0.1, 0.15) is 11.3 Å². The molecule has 0 fully saturated rings. The van der Waals surface area contributed by atoms with Crippen LogP contribution in [0, 0.1) is 12.7 Å². The normalized spacial score (nSPS) is 11.1. The summed E-state index contributed by atoms with van der Waals surface area (Å²) in [6.45, 7) is 1.75. The average molecular weight is 473 g/mol. The molecule has 5 rings (SSSR count). The van der Waals surface area contributed by atoms with E-state index in [-0.39, 0.29) is 35.0 Å². The van der Waals surface area contributed by atoms with E-state index in [2.05, 4.69) is 25.5 Å². The number of nitrogens with zero attached hydrogens (tertiary/aromatic N) is 5. The minimum Gasteiger partial charge on any atom is -0.497 e. The van der Waals surface area contributed by atoms with E-state index in [1.54, 1.807) is 56.5 Å². The van der Waals surface area contributed by atoms with Crippen LogP contribution >= 0.6 is 0 Å². The smallest absolute Gasteiger partial charge is 0.263 e. The highest BCUT2D eigenvalue weighted by Gasteiger charge is 2.18. The van der Waals surface area contributed by atoms with Crippen molar-refractivity contribution in [3.8, 4) is 17.4 Å². The largest absolute Gasteiger partial charge is 0.497 e. The fourth-order valence-electron chi connectivity index (χ4n) is 3.67. The standard InChI is InChI=1S/C24H20FN7O3/c1-14-11-20(27-21(33)12-15-7-9-16(35-2)10-8-15)32(30-14)24-28-22-17(23(34)29-24)13-26-31(22)19-6-4-3-5-18(19)25/h3-11,13H,12H2,1-2H3,(H,27,33)(H,28,29,34). The zero-order valence-electron chi connectivity index (χ0n) is 18.8. The number of methoxy groups -OCH3 is 1. The van der Waals surface area contributed by atoms with Crippen molar-refractivity contribution in [2.75, 3.05) is 12.4 Å². The summed E-state index contributed by atoms with van der Waals surface area (Å²) in [6, 6.07) is 14.9.